The Balaban J connectivity index is 1.59. The van der Waals surface area contributed by atoms with Gasteiger partial charge in [0.25, 0.3) is 0 Å². The molecule has 0 bridgehead atoms. The number of nitrogens with one attached hydrogen (secondary N) is 1. The summed E-state index contributed by atoms with van der Waals surface area (Å²) in [5, 5.41) is 3.31. The molecule has 0 aromatic heterocycles. The standard InChI is InChI=1S/C18H32N2O3/c1-14-3-4-16(15(2)11-14)19-17(21)20-7-10-23-13-18(12-20)5-8-22-9-6-18/h14-16H,3-13H2,1-2H3,(H,19,21)/t14-,15-,16+/m1/s1. The maximum absolute atomic E-state index is 12.8. The van der Waals surface area contributed by atoms with Gasteiger partial charge in [-0.1, -0.05) is 13.8 Å². The molecule has 2 amide bonds. The molecule has 3 fully saturated rings. The zero-order valence-corrected chi connectivity index (χ0v) is 14.7. The first kappa shape index (κ1) is 17.0. The minimum atomic E-state index is 0.0960. The third kappa shape index (κ3) is 4.18. The van der Waals surface area contributed by atoms with Gasteiger partial charge in [-0.3, -0.25) is 0 Å². The van der Waals surface area contributed by atoms with Crippen LogP contribution in [0.5, 0.6) is 0 Å². The van der Waals surface area contributed by atoms with Crippen molar-refractivity contribution in [2.75, 3.05) is 39.5 Å². The van der Waals surface area contributed by atoms with Gasteiger partial charge in [0.2, 0.25) is 0 Å². The minimum absolute atomic E-state index is 0.0960. The van der Waals surface area contributed by atoms with Crippen molar-refractivity contribution in [3.8, 4) is 0 Å². The van der Waals surface area contributed by atoms with E-state index in [1.807, 2.05) is 4.90 Å². The molecule has 0 aromatic carbocycles. The van der Waals surface area contributed by atoms with E-state index in [2.05, 4.69) is 19.2 Å². The number of carbonyl (C=O) groups is 1. The second-order valence-corrected chi connectivity index (χ2v) is 8.04. The summed E-state index contributed by atoms with van der Waals surface area (Å²) in [4.78, 5) is 14.8. The highest BCUT2D eigenvalue weighted by Crippen LogP contribution is 2.34. The summed E-state index contributed by atoms with van der Waals surface area (Å²) in [6.45, 7) is 9.07. The van der Waals surface area contributed by atoms with Crippen molar-refractivity contribution >= 4 is 6.03 Å². The number of nitrogens with zero attached hydrogens (tertiary/aromatic N) is 1. The highest BCUT2D eigenvalue weighted by molar-refractivity contribution is 5.74. The molecule has 0 radical (unpaired) electrons. The van der Waals surface area contributed by atoms with Crippen LogP contribution in [0, 0.1) is 17.3 Å². The van der Waals surface area contributed by atoms with Crippen LogP contribution < -0.4 is 5.32 Å². The Morgan fingerprint density at radius 1 is 1.13 bits per heavy atom. The SMILES string of the molecule is C[C@@H]1CC[C@H](NC(=O)N2CCOCC3(CCOCC3)C2)[C@H](C)C1. The smallest absolute Gasteiger partial charge is 0.317 e. The van der Waals surface area contributed by atoms with Gasteiger partial charge >= 0.3 is 6.03 Å². The number of hydrogen-bond acceptors (Lipinski definition) is 3. The van der Waals surface area contributed by atoms with Crippen LogP contribution in [0.25, 0.3) is 0 Å². The minimum Gasteiger partial charge on any atom is -0.381 e. The Bertz CT molecular complexity index is 409. The summed E-state index contributed by atoms with van der Waals surface area (Å²) in [5.74, 6) is 1.36. The van der Waals surface area contributed by atoms with Crippen molar-refractivity contribution in [1.82, 2.24) is 10.2 Å². The lowest BCUT2D eigenvalue weighted by atomic mass is 9.79. The van der Waals surface area contributed by atoms with E-state index in [1.165, 1.54) is 12.8 Å². The molecule has 5 heteroatoms. The normalized spacial score (nSPS) is 34.9. The summed E-state index contributed by atoms with van der Waals surface area (Å²) in [6.07, 6.45) is 5.54. The molecule has 1 spiro atoms. The van der Waals surface area contributed by atoms with Crippen LogP contribution in [0.4, 0.5) is 4.79 Å². The Hall–Kier alpha value is -0.810. The Morgan fingerprint density at radius 3 is 2.65 bits per heavy atom. The lowest BCUT2D eigenvalue weighted by molar-refractivity contribution is -0.0296. The molecule has 5 nitrogen and oxygen atoms in total. The zero-order chi connectivity index (χ0) is 16.3. The van der Waals surface area contributed by atoms with E-state index < -0.39 is 0 Å². The average molecular weight is 324 g/mol. The first-order valence-corrected chi connectivity index (χ1v) is 9.29. The van der Waals surface area contributed by atoms with Gasteiger partial charge in [-0.05, 0) is 43.9 Å². The van der Waals surface area contributed by atoms with Crippen LogP contribution >= 0.6 is 0 Å². The van der Waals surface area contributed by atoms with Gasteiger partial charge < -0.3 is 19.7 Å². The third-order valence-electron chi connectivity index (χ3n) is 6.02. The fourth-order valence-corrected chi connectivity index (χ4v) is 4.40. The Morgan fingerprint density at radius 2 is 1.91 bits per heavy atom. The topological polar surface area (TPSA) is 50.8 Å². The van der Waals surface area contributed by atoms with Gasteiger partial charge in [-0.15, -0.1) is 0 Å². The van der Waals surface area contributed by atoms with Crippen molar-refractivity contribution in [1.29, 1.82) is 0 Å². The van der Waals surface area contributed by atoms with E-state index in [1.54, 1.807) is 0 Å². The van der Waals surface area contributed by atoms with Crippen LogP contribution in [0.2, 0.25) is 0 Å². The molecule has 132 valence electrons. The van der Waals surface area contributed by atoms with Crippen molar-refractivity contribution in [2.24, 2.45) is 17.3 Å². The molecule has 0 unspecified atom stereocenters. The van der Waals surface area contributed by atoms with Crippen molar-refractivity contribution in [3.05, 3.63) is 0 Å². The van der Waals surface area contributed by atoms with Gasteiger partial charge in [0.15, 0.2) is 0 Å². The summed E-state index contributed by atoms with van der Waals surface area (Å²) >= 11 is 0. The molecule has 3 aliphatic rings. The molecule has 3 atom stereocenters. The van der Waals surface area contributed by atoms with E-state index in [-0.39, 0.29) is 11.4 Å². The molecule has 23 heavy (non-hydrogen) atoms. The van der Waals surface area contributed by atoms with Gasteiger partial charge in [0, 0.05) is 37.8 Å². The van der Waals surface area contributed by atoms with E-state index in [4.69, 9.17) is 9.47 Å². The maximum atomic E-state index is 12.8. The monoisotopic (exact) mass is 324 g/mol. The van der Waals surface area contributed by atoms with E-state index in [9.17, 15) is 4.79 Å². The van der Waals surface area contributed by atoms with Crippen molar-refractivity contribution in [2.45, 2.75) is 52.0 Å². The molecule has 2 aliphatic heterocycles. The lowest BCUT2D eigenvalue weighted by Gasteiger charge is -2.39. The molecule has 0 aromatic rings. The fraction of sp³-hybridized carbons (Fsp3) is 0.944. The fourth-order valence-electron chi connectivity index (χ4n) is 4.40. The Labute approximate surface area is 140 Å². The van der Waals surface area contributed by atoms with Crippen LogP contribution in [-0.4, -0.2) is 56.5 Å². The predicted octanol–water partition coefficient (Wildman–Crippen LogP) is 2.65. The Kier molecular flexibility index (Phi) is 5.47. The number of carbonyl (C=O) groups excluding carboxylic acids is 1. The summed E-state index contributed by atoms with van der Waals surface area (Å²) < 4.78 is 11.3. The number of urea groups is 1. The number of amides is 2. The predicted molar refractivity (Wildman–Crippen MR) is 89.4 cm³/mol. The molecule has 3 rings (SSSR count). The number of rotatable bonds is 1. The summed E-state index contributed by atoms with van der Waals surface area (Å²) in [5.41, 5.74) is 0.0960. The highest BCUT2D eigenvalue weighted by Gasteiger charge is 2.38. The van der Waals surface area contributed by atoms with Crippen LogP contribution in [0.15, 0.2) is 0 Å². The largest absolute Gasteiger partial charge is 0.381 e. The van der Waals surface area contributed by atoms with Gasteiger partial charge in [0.05, 0.1) is 13.2 Å². The van der Waals surface area contributed by atoms with E-state index in [0.29, 0.717) is 25.1 Å². The molecule has 1 saturated carbocycles. The zero-order valence-electron chi connectivity index (χ0n) is 14.7. The van der Waals surface area contributed by atoms with E-state index in [0.717, 1.165) is 51.5 Å². The molecule has 2 heterocycles. The van der Waals surface area contributed by atoms with Crippen LogP contribution in [-0.2, 0) is 9.47 Å². The van der Waals surface area contributed by atoms with Crippen molar-refractivity contribution in [3.63, 3.8) is 0 Å². The first-order valence-electron chi connectivity index (χ1n) is 9.29. The summed E-state index contributed by atoms with van der Waals surface area (Å²) in [6, 6.07) is 0.432. The molecular formula is C18H32N2O3. The van der Waals surface area contributed by atoms with Crippen molar-refractivity contribution < 1.29 is 14.3 Å². The number of hydrogen-bond donors (Lipinski definition) is 1. The van der Waals surface area contributed by atoms with Crippen LogP contribution in [0.1, 0.15) is 46.0 Å². The van der Waals surface area contributed by atoms with Gasteiger partial charge in [0.1, 0.15) is 0 Å². The number of ether oxygens (including phenoxy) is 2. The van der Waals surface area contributed by atoms with Gasteiger partial charge in [-0.2, -0.15) is 0 Å². The van der Waals surface area contributed by atoms with Gasteiger partial charge in [-0.25, -0.2) is 4.79 Å². The summed E-state index contributed by atoms with van der Waals surface area (Å²) in [7, 11) is 0. The highest BCUT2D eigenvalue weighted by atomic mass is 16.5. The first-order chi connectivity index (χ1) is 11.1. The third-order valence-corrected chi connectivity index (χ3v) is 6.02. The quantitative estimate of drug-likeness (QED) is 0.807. The molecule has 1 N–H and O–H groups in total. The second-order valence-electron chi connectivity index (χ2n) is 8.04. The second kappa shape index (κ2) is 7.39. The molecular weight excluding hydrogens is 292 g/mol. The average Bonchev–Trinajstić information content (AvgIpc) is 2.74. The lowest BCUT2D eigenvalue weighted by Crippen LogP contribution is -2.52. The van der Waals surface area contributed by atoms with Crippen LogP contribution in [0.3, 0.4) is 0 Å². The molecule has 1 aliphatic carbocycles. The molecule has 2 saturated heterocycles. The van der Waals surface area contributed by atoms with E-state index >= 15 is 0 Å². The maximum Gasteiger partial charge on any atom is 0.317 e.